The van der Waals surface area contributed by atoms with Crippen LogP contribution in [0.2, 0.25) is 5.02 Å². The van der Waals surface area contributed by atoms with Gasteiger partial charge >= 0.3 is 0 Å². The Balaban J connectivity index is 1.77. The number of rotatable bonds is 9. The first-order chi connectivity index (χ1) is 17.0. The molecule has 1 amide bonds. The molecule has 0 spiro atoms. The molecule has 0 radical (unpaired) electrons. The van der Waals surface area contributed by atoms with Crippen LogP contribution in [0.15, 0.2) is 76.7 Å². The largest absolute Gasteiger partial charge is 0.497 e. The third-order valence-electron chi connectivity index (χ3n) is 5.28. The van der Waals surface area contributed by atoms with Crippen molar-refractivity contribution in [2.75, 3.05) is 27.4 Å². The number of carbonyl (C=O) groups is 1. The van der Waals surface area contributed by atoms with Gasteiger partial charge in [0.05, 0.1) is 30.3 Å². The van der Waals surface area contributed by atoms with Crippen molar-refractivity contribution in [2.45, 2.75) is 10.9 Å². The smallest absolute Gasteiger partial charge is 0.266 e. The van der Waals surface area contributed by atoms with Crippen molar-refractivity contribution in [2.24, 2.45) is 0 Å². The van der Waals surface area contributed by atoms with Crippen molar-refractivity contribution < 1.29 is 14.3 Å². The predicted molar refractivity (Wildman–Crippen MR) is 139 cm³/mol. The maximum atomic E-state index is 13.6. The third-order valence-corrected chi connectivity index (χ3v) is 6.52. The Bertz CT molecular complexity index is 1410. The number of carbonyl (C=O) groups excluding carboxylic acids is 1. The van der Waals surface area contributed by atoms with Gasteiger partial charge < -0.3 is 14.8 Å². The van der Waals surface area contributed by atoms with Crippen LogP contribution >= 0.6 is 23.4 Å². The molecule has 4 aromatic rings. The van der Waals surface area contributed by atoms with E-state index in [0.717, 1.165) is 5.56 Å². The second kappa shape index (κ2) is 11.4. The van der Waals surface area contributed by atoms with E-state index in [4.69, 9.17) is 26.1 Å². The molecule has 1 N–H and O–H groups in total. The summed E-state index contributed by atoms with van der Waals surface area (Å²) in [5.41, 5.74) is 2.32. The average Bonchev–Trinajstić information content (AvgIpc) is 2.87. The van der Waals surface area contributed by atoms with Crippen LogP contribution < -0.4 is 15.6 Å². The molecule has 0 aliphatic heterocycles. The fraction of sp³-hybridized carbons (Fsp3) is 0.192. The molecule has 1 heterocycles. The normalized spacial score (nSPS) is 10.9. The minimum absolute atomic E-state index is 0.222. The highest BCUT2D eigenvalue weighted by molar-refractivity contribution is 7.98. The molecule has 9 heteroatoms. The molecule has 0 atom stereocenters. The SMILES string of the molecule is COCCNC(=O)c1ccc2c(=O)n(-c3ccc(OC)cc3)c(SCc3cccc(Cl)c3)nc2c1. The Hall–Kier alpha value is -3.33. The van der Waals surface area contributed by atoms with E-state index in [1.54, 1.807) is 49.1 Å². The molecule has 1 aromatic heterocycles. The number of methoxy groups -OCH3 is 2. The van der Waals surface area contributed by atoms with Gasteiger partial charge in [0, 0.05) is 30.0 Å². The molecule has 0 saturated heterocycles. The first kappa shape index (κ1) is 24.8. The van der Waals surface area contributed by atoms with Crippen LogP contribution in [0.4, 0.5) is 0 Å². The standard InChI is InChI=1S/C26H24ClN3O4S/c1-33-13-12-28-24(31)18-6-11-22-23(15-18)29-26(35-16-17-4-3-5-19(27)14-17)30(25(22)32)20-7-9-21(34-2)10-8-20/h3-11,14-15H,12-13,16H2,1-2H3,(H,28,31). The van der Waals surface area contributed by atoms with Crippen molar-refractivity contribution in [3.63, 3.8) is 0 Å². The number of thioether (sulfide) groups is 1. The van der Waals surface area contributed by atoms with E-state index in [1.807, 2.05) is 36.4 Å². The van der Waals surface area contributed by atoms with Crippen LogP contribution in [-0.2, 0) is 10.5 Å². The Morgan fingerprint density at radius 1 is 1.09 bits per heavy atom. The Kier molecular flexibility index (Phi) is 8.07. The summed E-state index contributed by atoms with van der Waals surface area (Å²) in [5.74, 6) is 0.997. The van der Waals surface area contributed by atoms with E-state index in [1.165, 1.54) is 11.8 Å². The van der Waals surface area contributed by atoms with Crippen LogP contribution in [0.3, 0.4) is 0 Å². The van der Waals surface area contributed by atoms with Gasteiger partial charge in [0.15, 0.2) is 5.16 Å². The lowest BCUT2D eigenvalue weighted by Crippen LogP contribution is -2.27. The molecule has 0 bridgehead atoms. The molecule has 35 heavy (non-hydrogen) atoms. The van der Waals surface area contributed by atoms with Crippen molar-refractivity contribution in [3.05, 3.63) is 93.2 Å². The molecule has 0 aliphatic carbocycles. The van der Waals surface area contributed by atoms with E-state index in [-0.39, 0.29) is 11.5 Å². The van der Waals surface area contributed by atoms with E-state index < -0.39 is 0 Å². The number of aromatic nitrogens is 2. The summed E-state index contributed by atoms with van der Waals surface area (Å²) in [6.07, 6.45) is 0. The zero-order chi connectivity index (χ0) is 24.8. The van der Waals surface area contributed by atoms with Crippen molar-refractivity contribution >= 4 is 40.2 Å². The number of ether oxygens (including phenoxy) is 2. The summed E-state index contributed by atoms with van der Waals surface area (Å²) < 4.78 is 11.8. The maximum absolute atomic E-state index is 13.6. The summed E-state index contributed by atoms with van der Waals surface area (Å²) in [5, 5.41) is 4.36. The van der Waals surface area contributed by atoms with E-state index in [9.17, 15) is 9.59 Å². The zero-order valence-corrected chi connectivity index (χ0v) is 20.9. The average molecular weight is 510 g/mol. The molecule has 0 fully saturated rings. The van der Waals surface area contributed by atoms with E-state index in [2.05, 4.69) is 5.32 Å². The highest BCUT2D eigenvalue weighted by atomic mass is 35.5. The third kappa shape index (κ3) is 5.85. The van der Waals surface area contributed by atoms with Crippen molar-refractivity contribution in [1.82, 2.24) is 14.9 Å². The number of hydrogen-bond donors (Lipinski definition) is 1. The molecule has 0 saturated carbocycles. The van der Waals surface area contributed by atoms with Crippen molar-refractivity contribution in [1.29, 1.82) is 0 Å². The number of hydrogen-bond acceptors (Lipinski definition) is 6. The van der Waals surface area contributed by atoms with Crippen LogP contribution in [0.1, 0.15) is 15.9 Å². The molecular formula is C26H24ClN3O4S. The highest BCUT2D eigenvalue weighted by Gasteiger charge is 2.16. The van der Waals surface area contributed by atoms with Gasteiger partial charge in [0.1, 0.15) is 5.75 Å². The molecule has 3 aromatic carbocycles. The second-order valence-corrected chi connectivity index (χ2v) is 9.01. The summed E-state index contributed by atoms with van der Waals surface area (Å²) >= 11 is 7.56. The Labute approximate surface area is 212 Å². The van der Waals surface area contributed by atoms with Gasteiger partial charge in [-0.05, 0) is 60.2 Å². The number of halogens is 1. The molecular weight excluding hydrogens is 486 g/mol. The number of nitrogens with one attached hydrogen (secondary N) is 1. The Morgan fingerprint density at radius 2 is 1.89 bits per heavy atom. The second-order valence-electron chi connectivity index (χ2n) is 7.63. The van der Waals surface area contributed by atoms with Crippen molar-refractivity contribution in [3.8, 4) is 11.4 Å². The van der Waals surface area contributed by atoms with Gasteiger partial charge in [-0.25, -0.2) is 4.98 Å². The van der Waals surface area contributed by atoms with Crippen LogP contribution in [0.25, 0.3) is 16.6 Å². The van der Waals surface area contributed by atoms with Gasteiger partial charge in [-0.3, -0.25) is 14.2 Å². The van der Waals surface area contributed by atoms with E-state index in [0.29, 0.717) is 57.0 Å². The quantitative estimate of drug-likeness (QED) is 0.200. The lowest BCUT2D eigenvalue weighted by atomic mass is 10.1. The minimum atomic E-state index is -0.252. The summed E-state index contributed by atoms with van der Waals surface area (Å²) in [6, 6.07) is 19.7. The first-order valence-corrected chi connectivity index (χ1v) is 12.2. The number of amides is 1. The fourth-order valence-corrected chi connectivity index (χ4v) is 4.67. The van der Waals surface area contributed by atoms with Crippen LogP contribution in [0.5, 0.6) is 5.75 Å². The first-order valence-electron chi connectivity index (χ1n) is 10.9. The summed E-state index contributed by atoms with van der Waals surface area (Å²) in [4.78, 5) is 30.9. The Morgan fingerprint density at radius 3 is 2.60 bits per heavy atom. The summed E-state index contributed by atoms with van der Waals surface area (Å²) in [7, 11) is 3.16. The molecule has 4 rings (SSSR count). The molecule has 0 aliphatic rings. The molecule has 0 unspecified atom stereocenters. The lowest BCUT2D eigenvalue weighted by Gasteiger charge is -2.14. The highest BCUT2D eigenvalue weighted by Crippen LogP contribution is 2.26. The predicted octanol–water partition coefficient (Wildman–Crippen LogP) is 4.72. The molecule has 180 valence electrons. The lowest BCUT2D eigenvalue weighted by molar-refractivity contribution is 0.0937. The zero-order valence-electron chi connectivity index (χ0n) is 19.3. The fourth-order valence-electron chi connectivity index (χ4n) is 3.51. The topological polar surface area (TPSA) is 82.5 Å². The summed E-state index contributed by atoms with van der Waals surface area (Å²) in [6.45, 7) is 0.801. The minimum Gasteiger partial charge on any atom is -0.497 e. The van der Waals surface area contributed by atoms with Gasteiger partial charge in [-0.15, -0.1) is 0 Å². The van der Waals surface area contributed by atoms with Crippen LogP contribution in [-0.4, -0.2) is 42.8 Å². The number of fused-ring (bicyclic) bond motifs is 1. The van der Waals surface area contributed by atoms with Gasteiger partial charge in [-0.2, -0.15) is 0 Å². The maximum Gasteiger partial charge on any atom is 0.266 e. The van der Waals surface area contributed by atoms with Gasteiger partial charge in [-0.1, -0.05) is 35.5 Å². The van der Waals surface area contributed by atoms with Gasteiger partial charge in [0.2, 0.25) is 0 Å². The molecule has 7 nitrogen and oxygen atoms in total. The van der Waals surface area contributed by atoms with Gasteiger partial charge in [0.25, 0.3) is 11.5 Å². The number of benzene rings is 3. The number of nitrogens with zero attached hydrogens (tertiary/aromatic N) is 2. The van der Waals surface area contributed by atoms with E-state index >= 15 is 0 Å². The monoisotopic (exact) mass is 509 g/mol. The van der Waals surface area contributed by atoms with Crippen LogP contribution in [0, 0.1) is 0 Å².